The molecule has 3 rings (SSSR count). The fourth-order valence-corrected chi connectivity index (χ4v) is 4.57. The van der Waals surface area contributed by atoms with E-state index in [2.05, 4.69) is 28.9 Å². The van der Waals surface area contributed by atoms with Crippen LogP contribution in [0, 0.1) is 11.8 Å². The summed E-state index contributed by atoms with van der Waals surface area (Å²) in [5.74, 6) is -0.253. The zero-order valence-electron chi connectivity index (χ0n) is 19.3. The normalized spacial score (nSPS) is 24.6. The highest BCUT2D eigenvalue weighted by Crippen LogP contribution is 2.48. The minimum atomic E-state index is -0.633. The van der Waals surface area contributed by atoms with Crippen LogP contribution in [0.3, 0.4) is 0 Å². The Hall–Kier alpha value is -1.92. The summed E-state index contributed by atoms with van der Waals surface area (Å²) in [5.41, 5.74) is 0.480. The first-order valence-corrected chi connectivity index (χ1v) is 12.9. The van der Waals surface area contributed by atoms with E-state index in [4.69, 9.17) is 9.47 Å². The van der Waals surface area contributed by atoms with Crippen molar-refractivity contribution in [2.24, 2.45) is 11.8 Å². The quantitative estimate of drug-likeness (QED) is 0.204. The molecule has 1 aromatic rings. The molecule has 5 atom stereocenters. The minimum absolute atomic E-state index is 0.0911. The Labute approximate surface area is 205 Å². The molecule has 1 saturated heterocycles. The first-order chi connectivity index (χ1) is 16.0. The highest BCUT2D eigenvalue weighted by Gasteiger charge is 2.50. The van der Waals surface area contributed by atoms with Crippen LogP contribution in [0.15, 0.2) is 53.0 Å². The zero-order chi connectivity index (χ0) is 23.6. The van der Waals surface area contributed by atoms with E-state index in [1.54, 1.807) is 30.3 Å². The highest BCUT2D eigenvalue weighted by atomic mass is 79.9. The van der Waals surface area contributed by atoms with Crippen LogP contribution in [-0.2, 0) is 14.3 Å². The van der Waals surface area contributed by atoms with Gasteiger partial charge in [-0.05, 0) is 68.9 Å². The Kier molecular flexibility index (Phi) is 10.2. The summed E-state index contributed by atoms with van der Waals surface area (Å²) in [6.45, 7) is 2.18. The number of benzene rings is 1. The van der Waals surface area contributed by atoms with Gasteiger partial charge in [0.15, 0.2) is 0 Å². The Morgan fingerprint density at radius 3 is 2.76 bits per heavy atom. The maximum absolute atomic E-state index is 12.7. The Bertz CT molecular complexity index is 831. The molecule has 33 heavy (non-hydrogen) atoms. The largest absolute Gasteiger partial charge is 0.462 e. The van der Waals surface area contributed by atoms with Gasteiger partial charge in [0.05, 0.1) is 11.7 Å². The number of aliphatic hydroxyl groups is 1. The first kappa shape index (κ1) is 25.7. The van der Waals surface area contributed by atoms with Crippen LogP contribution in [-0.4, -0.2) is 35.4 Å². The van der Waals surface area contributed by atoms with Gasteiger partial charge in [-0.25, -0.2) is 4.79 Å². The molecule has 0 spiro atoms. The number of esters is 2. The van der Waals surface area contributed by atoms with Crippen LogP contribution < -0.4 is 0 Å². The van der Waals surface area contributed by atoms with Gasteiger partial charge in [0.2, 0.25) is 0 Å². The van der Waals surface area contributed by atoms with Gasteiger partial charge in [-0.1, -0.05) is 53.9 Å². The predicted octanol–water partition coefficient (Wildman–Crippen LogP) is 6.15. The molecule has 180 valence electrons. The summed E-state index contributed by atoms with van der Waals surface area (Å²) in [6.07, 6.45) is 14.6. The molecule has 1 aliphatic heterocycles. The van der Waals surface area contributed by atoms with Gasteiger partial charge in [0, 0.05) is 22.7 Å². The Morgan fingerprint density at radius 1 is 1.24 bits per heavy atom. The number of allylic oxidation sites excluding steroid dienone is 1. The number of hydrogen-bond acceptors (Lipinski definition) is 5. The topological polar surface area (TPSA) is 72.8 Å². The third kappa shape index (κ3) is 8.42. The van der Waals surface area contributed by atoms with Crippen molar-refractivity contribution >= 4 is 27.9 Å². The van der Waals surface area contributed by atoms with E-state index in [9.17, 15) is 14.7 Å². The summed E-state index contributed by atoms with van der Waals surface area (Å²) in [4.78, 5) is 24.5. The van der Waals surface area contributed by atoms with E-state index in [0.29, 0.717) is 18.4 Å². The first-order valence-electron chi connectivity index (χ1n) is 12.1. The number of carbonyl (C=O) groups excluding carboxylic acids is 2. The van der Waals surface area contributed by atoms with Crippen LogP contribution in [0.2, 0.25) is 0 Å². The zero-order valence-corrected chi connectivity index (χ0v) is 20.9. The Morgan fingerprint density at radius 2 is 2.03 bits per heavy atom. The van der Waals surface area contributed by atoms with E-state index >= 15 is 0 Å². The van der Waals surface area contributed by atoms with Crippen LogP contribution in [0.25, 0.3) is 0 Å². The SMILES string of the molecule is CCCCC/C=C\C[C@H](O)/C=C/[C@H](OC(=O)c1ccc(Br)cc1)[C@H]1C[C@@H]1[C@H]1CCCC(=O)O1. The van der Waals surface area contributed by atoms with E-state index in [0.717, 1.165) is 30.2 Å². The molecule has 1 heterocycles. The summed E-state index contributed by atoms with van der Waals surface area (Å²) in [6, 6.07) is 7.05. The van der Waals surface area contributed by atoms with Crippen LogP contribution in [0.4, 0.5) is 0 Å². The maximum atomic E-state index is 12.7. The number of aliphatic hydroxyl groups excluding tert-OH is 1. The molecule has 1 saturated carbocycles. The number of carbonyl (C=O) groups is 2. The van der Waals surface area contributed by atoms with Gasteiger partial charge in [-0.2, -0.15) is 0 Å². The van der Waals surface area contributed by atoms with E-state index in [1.807, 2.05) is 12.2 Å². The van der Waals surface area contributed by atoms with Crippen molar-refractivity contribution in [1.29, 1.82) is 0 Å². The number of ether oxygens (including phenoxy) is 2. The lowest BCUT2D eigenvalue weighted by Crippen LogP contribution is -2.28. The number of hydrogen-bond donors (Lipinski definition) is 1. The molecule has 5 nitrogen and oxygen atoms in total. The van der Waals surface area contributed by atoms with Gasteiger partial charge in [0.25, 0.3) is 0 Å². The van der Waals surface area contributed by atoms with Crippen molar-refractivity contribution in [3.05, 3.63) is 58.6 Å². The summed E-state index contributed by atoms with van der Waals surface area (Å²) in [7, 11) is 0. The van der Waals surface area contributed by atoms with E-state index < -0.39 is 18.2 Å². The number of cyclic esters (lactones) is 1. The van der Waals surface area contributed by atoms with Crippen molar-refractivity contribution in [3.8, 4) is 0 Å². The van der Waals surface area contributed by atoms with Crippen LogP contribution in [0.5, 0.6) is 0 Å². The van der Waals surface area contributed by atoms with Crippen LogP contribution >= 0.6 is 15.9 Å². The molecule has 2 fully saturated rings. The molecule has 2 aliphatic rings. The fourth-order valence-electron chi connectivity index (χ4n) is 4.31. The molecule has 6 heteroatoms. The lowest BCUT2D eigenvalue weighted by molar-refractivity contribution is -0.155. The summed E-state index contributed by atoms with van der Waals surface area (Å²) in [5, 5.41) is 10.4. The summed E-state index contributed by atoms with van der Waals surface area (Å²) >= 11 is 3.38. The molecule has 1 aromatic carbocycles. The van der Waals surface area contributed by atoms with Gasteiger partial charge < -0.3 is 14.6 Å². The third-order valence-corrected chi connectivity index (χ3v) is 6.84. The Balaban J connectivity index is 1.60. The molecule has 0 unspecified atom stereocenters. The number of unbranched alkanes of at least 4 members (excludes halogenated alkanes) is 3. The van der Waals surface area contributed by atoms with Crippen molar-refractivity contribution < 1.29 is 24.2 Å². The third-order valence-electron chi connectivity index (χ3n) is 6.31. The van der Waals surface area contributed by atoms with Gasteiger partial charge >= 0.3 is 11.9 Å². The average molecular weight is 519 g/mol. The molecule has 0 bridgehead atoms. The average Bonchev–Trinajstić information content (AvgIpc) is 3.60. The van der Waals surface area contributed by atoms with Crippen molar-refractivity contribution in [3.63, 3.8) is 0 Å². The molecule has 0 aromatic heterocycles. The fraction of sp³-hybridized carbons (Fsp3) is 0.556. The second-order valence-corrected chi connectivity index (χ2v) is 9.93. The van der Waals surface area contributed by atoms with Gasteiger partial charge in [0.1, 0.15) is 12.2 Å². The second-order valence-electron chi connectivity index (χ2n) is 9.02. The van der Waals surface area contributed by atoms with Crippen molar-refractivity contribution in [2.45, 2.75) is 83.0 Å². The molecular weight excluding hydrogens is 484 g/mol. The second kappa shape index (κ2) is 13.1. The molecule has 0 amide bonds. The molecular formula is C27H35BrO5. The standard InChI is InChI=1S/C27H35BrO5/c1-2-3-4-5-6-7-9-21(29)16-17-25(33-27(31)19-12-14-20(28)15-13-19)23-18-22(23)24-10-8-11-26(30)32-24/h6-7,12-17,21-25,29H,2-5,8-11,18H2,1H3/b7-6-,17-16+/t21-,22-,23-,24+,25-/m0/s1. The van der Waals surface area contributed by atoms with Crippen molar-refractivity contribution in [2.75, 3.05) is 0 Å². The number of rotatable bonds is 12. The predicted molar refractivity (Wildman–Crippen MR) is 132 cm³/mol. The minimum Gasteiger partial charge on any atom is -0.462 e. The lowest BCUT2D eigenvalue weighted by atomic mass is 10.0. The van der Waals surface area contributed by atoms with E-state index in [-0.39, 0.29) is 23.9 Å². The van der Waals surface area contributed by atoms with Gasteiger partial charge in [-0.3, -0.25) is 4.79 Å². The lowest BCUT2D eigenvalue weighted by Gasteiger charge is -2.23. The number of halogens is 1. The molecule has 1 N–H and O–H groups in total. The smallest absolute Gasteiger partial charge is 0.338 e. The van der Waals surface area contributed by atoms with Crippen LogP contribution in [0.1, 0.15) is 75.1 Å². The highest BCUT2D eigenvalue weighted by molar-refractivity contribution is 9.10. The summed E-state index contributed by atoms with van der Waals surface area (Å²) < 4.78 is 12.3. The monoisotopic (exact) mass is 518 g/mol. The van der Waals surface area contributed by atoms with E-state index in [1.165, 1.54) is 19.3 Å². The van der Waals surface area contributed by atoms with Crippen molar-refractivity contribution in [1.82, 2.24) is 0 Å². The molecule has 0 radical (unpaired) electrons. The molecule has 1 aliphatic carbocycles. The maximum Gasteiger partial charge on any atom is 0.338 e. The van der Waals surface area contributed by atoms with Gasteiger partial charge in [-0.15, -0.1) is 0 Å².